The largest absolute Gasteiger partial charge is 0.316 e. The Hall–Kier alpha value is -1.20. The molecule has 0 radical (unpaired) electrons. The molecule has 0 saturated carbocycles. The highest BCUT2D eigenvalue weighted by molar-refractivity contribution is 9.10. The fourth-order valence-corrected chi connectivity index (χ4v) is 2.73. The third-order valence-corrected chi connectivity index (χ3v) is 3.86. The monoisotopic (exact) mass is 307 g/mol. The maximum Gasteiger partial charge on any atom is 0.258 e. The lowest BCUT2D eigenvalue weighted by Crippen LogP contribution is -2.30. The van der Waals surface area contributed by atoms with Crippen molar-refractivity contribution in [3.63, 3.8) is 0 Å². The minimum absolute atomic E-state index is 0.00641. The predicted molar refractivity (Wildman–Crippen MR) is 74.0 cm³/mol. The Balaban J connectivity index is 2.10. The number of hydrogen-bond donors (Lipinski definition) is 1. The van der Waals surface area contributed by atoms with E-state index in [0.717, 1.165) is 36.1 Å². The Morgan fingerprint density at radius 3 is 3.11 bits per heavy atom. The van der Waals surface area contributed by atoms with Gasteiger partial charge in [-0.1, -0.05) is 15.9 Å². The summed E-state index contributed by atoms with van der Waals surface area (Å²) in [6.07, 6.45) is 3.99. The lowest BCUT2D eigenvalue weighted by atomic mass is 9.96. The van der Waals surface area contributed by atoms with Crippen molar-refractivity contribution in [1.82, 2.24) is 14.7 Å². The zero-order chi connectivity index (χ0) is 12.5. The van der Waals surface area contributed by atoms with Crippen LogP contribution in [-0.4, -0.2) is 22.5 Å². The van der Waals surface area contributed by atoms with Crippen LogP contribution < -0.4 is 10.9 Å². The Morgan fingerprint density at radius 1 is 1.44 bits per heavy atom. The fraction of sp³-hybridized carbons (Fsp3) is 0.385. The Labute approximate surface area is 113 Å². The second kappa shape index (κ2) is 4.82. The van der Waals surface area contributed by atoms with Crippen molar-refractivity contribution in [3.8, 4) is 0 Å². The van der Waals surface area contributed by atoms with Gasteiger partial charge in [0, 0.05) is 29.2 Å². The lowest BCUT2D eigenvalue weighted by molar-refractivity contribution is 0.454. The summed E-state index contributed by atoms with van der Waals surface area (Å²) in [5.74, 6) is 0.357. The highest BCUT2D eigenvalue weighted by Crippen LogP contribution is 2.21. The molecule has 0 aliphatic carbocycles. The number of nitrogens with zero attached hydrogens (tertiary/aromatic N) is 2. The van der Waals surface area contributed by atoms with Crippen molar-refractivity contribution < 1.29 is 0 Å². The zero-order valence-corrected chi connectivity index (χ0v) is 11.5. The molecule has 2 aromatic heterocycles. The standard InChI is InChI=1S/C13H14BrN3O/c14-10-3-5-17-12(6-10)16-11(7-13(17)18)9-2-1-4-15-8-9/h3,5-7,9,15H,1-2,4,8H2. The molecule has 0 aromatic carbocycles. The summed E-state index contributed by atoms with van der Waals surface area (Å²) < 4.78 is 2.51. The number of aromatic nitrogens is 2. The van der Waals surface area contributed by atoms with Gasteiger partial charge in [0.1, 0.15) is 5.65 Å². The van der Waals surface area contributed by atoms with E-state index < -0.39 is 0 Å². The molecule has 4 nitrogen and oxygen atoms in total. The van der Waals surface area contributed by atoms with Crippen LogP contribution >= 0.6 is 15.9 Å². The smallest absolute Gasteiger partial charge is 0.258 e. The van der Waals surface area contributed by atoms with Gasteiger partial charge in [-0.3, -0.25) is 9.20 Å². The molecule has 3 rings (SSSR count). The molecule has 1 aliphatic heterocycles. The van der Waals surface area contributed by atoms with E-state index in [2.05, 4.69) is 26.2 Å². The molecule has 18 heavy (non-hydrogen) atoms. The summed E-state index contributed by atoms with van der Waals surface area (Å²) in [5.41, 5.74) is 1.61. The van der Waals surface area contributed by atoms with E-state index in [-0.39, 0.29) is 5.56 Å². The lowest BCUT2D eigenvalue weighted by Gasteiger charge is -2.22. The van der Waals surface area contributed by atoms with Crippen LogP contribution in [0.5, 0.6) is 0 Å². The van der Waals surface area contributed by atoms with Gasteiger partial charge in [0.25, 0.3) is 5.56 Å². The Kier molecular flexibility index (Phi) is 3.18. The predicted octanol–water partition coefficient (Wildman–Crippen LogP) is 1.92. The van der Waals surface area contributed by atoms with Gasteiger partial charge in [-0.05, 0) is 31.5 Å². The van der Waals surface area contributed by atoms with Crippen molar-refractivity contribution in [1.29, 1.82) is 0 Å². The van der Waals surface area contributed by atoms with Gasteiger partial charge in [-0.25, -0.2) is 4.98 Å². The van der Waals surface area contributed by atoms with Crippen LogP contribution in [0.2, 0.25) is 0 Å². The minimum atomic E-state index is -0.00641. The van der Waals surface area contributed by atoms with Gasteiger partial charge >= 0.3 is 0 Å². The molecule has 2 aromatic rings. The number of pyridine rings is 1. The van der Waals surface area contributed by atoms with Gasteiger partial charge in [-0.15, -0.1) is 0 Å². The van der Waals surface area contributed by atoms with E-state index in [9.17, 15) is 4.79 Å². The first kappa shape index (κ1) is 11.9. The Bertz CT molecular complexity index is 632. The zero-order valence-electron chi connectivity index (χ0n) is 9.90. The quantitative estimate of drug-likeness (QED) is 0.875. The SMILES string of the molecule is O=c1cc(C2CCCNC2)nc2cc(Br)ccn12. The molecular formula is C13H14BrN3O. The maximum atomic E-state index is 12.0. The van der Waals surface area contributed by atoms with Gasteiger partial charge in [-0.2, -0.15) is 0 Å². The van der Waals surface area contributed by atoms with Crippen molar-refractivity contribution in [2.45, 2.75) is 18.8 Å². The number of halogens is 1. The van der Waals surface area contributed by atoms with Crippen molar-refractivity contribution in [2.24, 2.45) is 0 Å². The van der Waals surface area contributed by atoms with Crippen LogP contribution in [-0.2, 0) is 0 Å². The minimum Gasteiger partial charge on any atom is -0.316 e. The number of piperidine rings is 1. The van der Waals surface area contributed by atoms with E-state index >= 15 is 0 Å². The van der Waals surface area contributed by atoms with Gasteiger partial charge < -0.3 is 5.32 Å². The first-order chi connectivity index (χ1) is 8.74. The van der Waals surface area contributed by atoms with Crippen LogP contribution in [0.3, 0.4) is 0 Å². The summed E-state index contributed by atoms with van der Waals surface area (Å²) in [6.45, 7) is 1.98. The van der Waals surface area contributed by atoms with Crippen LogP contribution in [0, 0.1) is 0 Å². The number of hydrogen-bond acceptors (Lipinski definition) is 3. The fourth-order valence-electron chi connectivity index (χ4n) is 2.41. The maximum absolute atomic E-state index is 12.0. The van der Waals surface area contributed by atoms with Crippen LogP contribution in [0.4, 0.5) is 0 Å². The van der Waals surface area contributed by atoms with Gasteiger partial charge in [0.2, 0.25) is 0 Å². The summed E-state index contributed by atoms with van der Waals surface area (Å²) in [4.78, 5) is 16.7. The van der Waals surface area contributed by atoms with Gasteiger partial charge in [0.15, 0.2) is 0 Å². The molecule has 3 heterocycles. The first-order valence-electron chi connectivity index (χ1n) is 6.13. The molecule has 0 bridgehead atoms. The van der Waals surface area contributed by atoms with Gasteiger partial charge in [0.05, 0.1) is 5.69 Å². The first-order valence-corrected chi connectivity index (χ1v) is 6.93. The van der Waals surface area contributed by atoms with Crippen LogP contribution in [0.15, 0.2) is 33.7 Å². The van der Waals surface area contributed by atoms with E-state index in [4.69, 9.17) is 0 Å². The third-order valence-electron chi connectivity index (χ3n) is 3.36. The number of rotatable bonds is 1. The second-order valence-corrected chi connectivity index (χ2v) is 5.55. The molecule has 0 amide bonds. The number of fused-ring (bicyclic) bond motifs is 1. The molecule has 5 heteroatoms. The summed E-state index contributed by atoms with van der Waals surface area (Å²) in [7, 11) is 0. The average molecular weight is 308 g/mol. The van der Waals surface area contributed by atoms with Crippen molar-refractivity contribution in [2.75, 3.05) is 13.1 Å². The number of nitrogens with one attached hydrogen (secondary N) is 1. The molecular weight excluding hydrogens is 294 g/mol. The van der Waals surface area contributed by atoms with Crippen molar-refractivity contribution in [3.05, 3.63) is 44.9 Å². The summed E-state index contributed by atoms with van der Waals surface area (Å²) in [6, 6.07) is 5.39. The molecule has 1 atom stereocenters. The third kappa shape index (κ3) is 2.20. The molecule has 0 spiro atoms. The van der Waals surface area contributed by atoms with Crippen molar-refractivity contribution >= 4 is 21.6 Å². The molecule has 1 aliphatic rings. The van der Waals surface area contributed by atoms with E-state index in [1.165, 1.54) is 0 Å². The Morgan fingerprint density at radius 2 is 2.33 bits per heavy atom. The topological polar surface area (TPSA) is 46.4 Å². The summed E-state index contributed by atoms with van der Waals surface area (Å²) >= 11 is 3.41. The van der Waals surface area contributed by atoms with E-state index in [0.29, 0.717) is 11.6 Å². The van der Waals surface area contributed by atoms with Crippen LogP contribution in [0.25, 0.3) is 5.65 Å². The summed E-state index contributed by atoms with van der Waals surface area (Å²) in [5, 5.41) is 3.35. The second-order valence-electron chi connectivity index (χ2n) is 4.64. The van der Waals surface area contributed by atoms with E-state index in [1.807, 2.05) is 12.1 Å². The molecule has 94 valence electrons. The van der Waals surface area contributed by atoms with E-state index in [1.54, 1.807) is 16.7 Å². The van der Waals surface area contributed by atoms with Crippen LogP contribution in [0.1, 0.15) is 24.5 Å². The molecule has 1 saturated heterocycles. The average Bonchev–Trinajstić information content (AvgIpc) is 2.39. The highest BCUT2D eigenvalue weighted by atomic mass is 79.9. The molecule has 1 fully saturated rings. The molecule has 1 unspecified atom stereocenters. The normalized spacial score (nSPS) is 20.2. The molecule has 1 N–H and O–H groups in total. The highest BCUT2D eigenvalue weighted by Gasteiger charge is 2.17.